The van der Waals surface area contributed by atoms with E-state index in [1.54, 1.807) is 51.4 Å². The van der Waals surface area contributed by atoms with Crippen molar-refractivity contribution in [3.8, 4) is 0 Å². The molecule has 0 aromatic carbocycles. The van der Waals surface area contributed by atoms with Gasteiger partial charge in [0.2, 0.25) is 0 Å². The second-order valence-corrected chi connectivity index (χ2v) is 44.9. The van der Waals surface area contributed by atoms with Crippen molar-refractivity contribution in [1.82, 2.24) is 0 Å². The quantitative estimate of drug-likeness (QED) is 0.264. The van der Waals surface area contributed by atoms with Gasteiger partial charge in [0, 0.05) is 0 Å². The van der Waals surface area contributed by atoms with Gasteiger partial charge in [0.05, 0.1) is 0 Å². The largest absolute Gasteiger partial charge is 0.0651 e. The molecule has 9 aliphatic carbocycles. The van der Waals surface area contributed by atoms with Crippen molar-refractivity contribution in [3.63, 3.8) is 0 Å². The van der Waals surface area contributed by atoms with Crippen LogP contribution in [-0.2, 0) is 0 Å². The summed E-state index contributed by atoms with van der Waals surface area (Å²) >= 11 is 0. The van der Waals surface area contributed by atoms with E-state index >= 15 is 0 Å². The van der Waals surface area contributed by atoms with Gasteiger partial charge < -0.3 is 0 Å². The van der Waals surface area contributed by atoms with Crippen LogP contribution in [0.3, 0.4) is 0 Å². The molecule has 4 unspecified atom stereocenters. The van der Waals surface area contributed by atoms with Crippen LogP contribution in [-0.4, -0.2) is 0 Å². The molecule has 9 aliphatic rings. The van der Waals surface area contributed by atoms with Crippen LogP contribution >= 0.6 is 0 Å². The SMILES string of the molecule is CC(C(C)(C)C)C(C)(C)C.CC(C)(C)C(C)(C)C(C)(C)C.CC(C)C(C)(C)C(C)(C)C.CC(C)[C@@H](C)C(C)(C)C.CC1(C)CCCCC1.CC1C2CCC1CC2.CC1CCC(C)CC1.CC1CCCC[C@H]1C.CC1CCC[C@@H](C)C1.CCC1CCCCC1.C[C@H]1CC2CCC1C2. The molecule has 0 saturated heterocycles. The molecule has 0 radical (unpaired) electrons. The Labute approximate surface area is 614 Å². The molecular formula is C96H196. The second-order valence-electron chi connectivity index (χ2n) is 44.9. The lowest BCUT2D eigenvalue weighted by Gasteiger charge is -2.49. The summed E-state index contributed by atoms with van der Waals surface area (Å²) in [6, 6.07) is 0. The van der Waals surface area contributed by atoms with E-state index < -0.39 is 0 Å². The molecule has 0 N–H and O–H groups in total. The van der Waals surface area contributed by atoms with E-state index in [0.29, 0.717) is 48.7 Å². The Hall–Kier alpha value is 0. The van der Waals surface area contributed by atoms with Crippen molar-refractivity contribution in [1.29, 1.82) is 0 Å². The van der Waals surface area contributed by atoms with E-state index in [1.807, 2.05) is 0 Å². The highest BCUT2D eigenvalue weighted by Gasteiger charge is 2.43. The predicted octanol–water partition coefficient (Wildman–Crippen LogP) is 34.2. The highest BCUT2D eigenvalue weighted by molar-refractivity contribution is 4.92. The zero-order chi connectivity index (χ0) is 75.2. The third-order valence-electron chi connectivity index (χ3n) is 30.0. The molecule has 0 aliphatic heterocycles. The molecule has 4 bridgehead atoms. The van der Waals surface area contributed by atoms with Crippen molar-refractivity contribution in [3.05, 3.63) is 0 Å². The molecule has 0 amide bonds. The fourth-order valence-electron chi connectivity index (χ4n) is 17.2. The summed E-state index contributed by atoms with van der Waals surface area (Å²) in [6.45, 7) is 91.0. The fourth-order valence-corrected chi connectivity index (χ4v) is 17.2. The Morgan fingerprint density at radius 1 is 0.333 bits per heavy atom. The van der Waals surface area contributed by atoms with E-state index in [0.717, 1.165) is 101 Å². The molecule has 0 aromatic heterocycles. The minimum Gasteiger partial charge on any atom is -0.0651 e. The van der Waals surface area contributed by atoms with E-state index in [-0.39, 0.29) is 0 Å². The summed E-state index contributed by atoms with van der Waals surface area (Å²) in [4.78, 5) is 0. The second kappa shape index (κ2) is 45.4. The minimum absolute atomic E-state index is 0.375. The number of hydrogen-bond acceptors (Lipinski definition) is 0. The van der Waals surface area contributed by atoms with Gasteiger partial charge in [0.25, 0.3) is 0 Å². The first-order valence-corrected chi connectivity index (χ1v) is 43.5. The lowest BCUT2D eigenvalue weighted by Crippen LogP contribution is -2.41. The van der Waals surface area contributed by atoms with Crippen LogP contribution in [0.25, 0.3) is 0 Å². The summed E-state index contributed by atoms with van der Waals surface area (Å²) in [7, 11) is 0. The summed E-state index contributed by atoms with van der Waals surface area (Å²) < 4.78 is 0. The first-order chi connectivity index (χ1) is 43.5. The van der Waals surface area contributed by atoms with Crippen molar-refractivity contribution < 1.29 is 0 Å². The van der Waals surface area contributed by atoms with E-state index in [4.69, 9.17) is 0 Å². The van der Waals surface area contributed by atoms with Gasteiger partial charge in [0.1, 0.15) is 0 Å². The molecule has 0 heterocycles. The van der Waals surface area contributed by atoms with Crippen LogP contribution in [0.1, 0.15) is 469 Å². The topological polar surface area (TPSA) is 0 Å². The van der Waals surface area contributed by atoms with Crippen LogP contribution in [0.2, 0.25) is 0 Å². The van der Waals surface area contributed by atoms with Gasteiger partial charge >= 0.3 is 0 Å². The highest BCUT2D eigenvalue weighted by atomic mass is 14.5. The van der Waals surface area contributed by atoms with Gasteiger partial charge in [-0.25, -0.2) is 0 Å². The van der Waals surface area contributed by atoms with Gasteiger partial charge in [-0.1, -0.05) is 405 Å². The van der Waals surface area contributed by atoms with E-state index in [9.17, 15) is 0 Å². The molecule has 9 rings (SSSR count). The molecule has 9 fully saturated rings. The zero-order valence-electron chi connectivity index (χ0n) is 75.2. The lowest BCUT2D eigenvalue weighted by molar-refractivity contribution is 0.00575. The molecular weight excluding hydrogens is 1150 g/mol. The van der Waals surface area contributed by atoms with Gasteiger partial charge in [0.15, 0.2) is 0 Å². The Morgan fingerprint density at radius 2 is 0.698 bits per heavy atom. The molecule has 580 valence electrons. The van der Waals surface area contributed by atoms with Crippen LogP contribution < -0.4 is 0 Å². The minimum atomic E-state index is 0.375. The maximum Gasteiger partial charge on any atom is -0.0257 e. The van der Waals surface area contributed by atoms with Crippen molar-refractivity contribution in [2.45, 2.75) is 469 Å². The van der Waals surface area contributed by atoms with Crippen LogP contribution in [0.15, 0.2) is 0 Å². The van der Waals surface area contributed by atoms with Crippen molar-refractivity contribution in [2.75, 3.05) is 0 Å². The normalized spacial score (nSPS) is 29.3. The fraction of sp³-hybridized carbons (Fsp3) is 1.00. The summed E-state index contributed by atoms with van der Waals surface area (Å²) in [5.74, 6) is 17.0. The van der Waals surface area contributed by atoms with Gasteiger partial charge in [-0.2, -0.15) is 0 Å². The number of hydrogen-bond donors (Lipinski definition) is 0. The molecule has 0 nitrogen and oxygen atoms in total. The summed E-state index contributed by atoms with van der Waals surface area (Å²) in [6.07, 6.45) is 46.3. The Morgan fingerprint density at radius 3 is 0.844 bits per heavy atom. The molecule has 96 heavy (non-hydrogen) atoms. The average Bonchev–Trinajstić information content (AvgIpc) is 0.982. The maximum absolute atomic E-state index is 2.44. The first-order valence-electron chi connectivity index (χ1n) is 43.5. The zero-order valence-corrected chi connectivity index (χ0v) is 75.2. The van der Waals surface area contributed by atoms with Gasteiger partial charge in [-0.05, 0) is 214 Å². The average molecular weight is 1350 g/mol. The Kier molecular flexibility index (Phi) is 46.4. The number of rotatable bonds is 3. The summed E-state index contributed by atoms with van der Waals surface area (Å²) in [5, 5.41) is 0. The predicted molar refractivity (Wildman–Crippen MR) is 446 cm³/mol. The lowest BCUT2D eigenvalue weighted by atomic mass is 9.56. The van der Waals surface area contributed by atoms with E-state index in [2.05, 4.69) is 270 Å². The number of fused-ring (bicyclic) bond motifs is 4. The smallest absolute Gasteiger partial charge is 0.0257 e. The monoisotopic (exact) mass is 1350 g/mol. The van der Waals surface area contributed by atoms with Gasteiger partial charge in [-0.15, -0.1) is 0 Å². The van der Waals surface area contributed by atoms with Crippen molar-refractivity contribution >= 4 is 0 Å². The third kappa shape index (κ3) is 40.9. The third-order valence-corrected chi connectivity index (χ3v) is 30.0. The molecule has 0 spiro atoms. The van der Waals surface area contributed by atoms with Crippen molar-refractivity contribution in [2.24, 2.45) is 149 Å². The molecule has 0 heteroatoms. The summed E-state index contributed by atoms with van der Waals surface area (Å²) in [5.41, 5.74) is 4.04. The van der Waals surface area contributed by atoms with Crippen LogP contribution in [0, 0.1) is 149 Å². The highest BCUT2D eigenvalue weighted by Crippen LogP contribution is 2.52. The van der Waals surface area contributed by atoms with Gasteiger partial charge in [-0.3, -0.25) is 0 Å². The Balaban J connectivity index is 0. The van der Waals surface area contributed by atoms with Crippen LogP contribution in [0.5, 0.6) is 0 Å². The Bertz CT molecular complexity index is 1750. The van der Waals surface area contributed by atoms with Crippen LogP contribution in [0.4, 0.5) is 0 Å². The first kappa shape index (κ1) is 98.1. The maximum atomic E-state index is 2.44. The molecule has 0 aromatic rings. The standard InChI is InChI=1S/C11H24.2C10H22.C9H20.2C8H14.5C8H16/c1-9(2,3)11(7,8)10(4,5)6;1-8(9(2,3)4)10(5,6)7;1-8(2)10(6,7)9(3,4)5;1-7(2)8(3)9(4,5)6;1-6-4-7-2-3-8(6)5-7;1-6-7-2-3-8(6)5-4-7;1-7-3-5-8(2)6-4-7;1-7-4-3-5-8(2)6-7;1-8(2)6-4-3-5-7-8;1-7-5-3-4-6-8(7)2;1-2-8-6-4-3-5-7-8/h1-8H3;2*8H,1-7H3;7-8H,1-6H3;2*6-8H,2-5H2,1H3;2*7-8H,3-6H2,1-2H3;3-7H2,1-2H3;7-8H,3-6H2,1-2H3;8H,2-7H2,1H3/t;;;8-;6-,7?,8?;;;7-,8?;;7-,8?;/m...10..1.1./s1. The van der Waals surface area contributed by atoms with E-state index in [1.165, 1.54) is 148 Å². The molecule has 9 saturated carbocycles. The molecule has 8 atom stereocenters.